The summed E-state index contributed by atoms with van der Waals surface area (Å²) in [5.41, 5.74) is 0. The highest BCUT2D eigenvalue weighted by atomic mass is 16.4. The van der Waals surface area contributed by atoms with Crippen LogP contribution in [0.3, 0.4) is 0 Å². The lowest BCUT2D eigenvalue weighted by Crippen LogP contribution is -2.45. The standard InChI is InChI=1S/C12H22N2O3/c1-8(2)11(15)13-9-4-6-10(7-5-9)14(3)12(16)17/h8-10H,4-7H2,1-3H3,(H,13,15)(H,16,17). The largest absolute Gasteiger partial charge is 0.465 e. The maximum absolute atomic E-state index is 11.5. The summed E-state index contributed by atoms with van der Waals surface area (Å²) in [7, 11) is 1.61. The van der Waals surface area contributed by atoms with Gasteiger partial charge in [-0.3, -0.25) is 4.79 Å². The molecule has 0 bridgehead atoms. The van der Waals surface area contributed by atoms with E-state index in [1.165, 1.54) is 4.90 Å². The van der Waals surface area contributed by atoms with Crippen molar-refractivity contribution in [2.24, 2.45) is 5.92 Å². The van der Waals surface area contributed by atoms with Crippen molar-refractivity contribution in [1.82, 2.24) is 10.2 Å². The molecule has 2 N–H and O–H groups in total. The number of amides is 2. The molecule has 17 heavy (non-hydrogen) atoms. The van der Waals surface area contributed by atoms with Crippen LogP contribution in [0.15, 0.2) is 0 Å². The van der Waals surface area contributed by atoms with Gasteiger partial charge < -0.3 is 15.3 Å². The van der Waals surface area contributed by atoms with E-state index in [0.717, 1.165) is 25.7 Å². The van der Waals surface area contributed by atoms with Gasteiger partial charge in [0.2, 0.25) is 5.91 Å². The molecule has 1 fully saturated rings. The minimum absolute atomic E-state index is 0.00872. The lowest BCUT2D eigenvalue weighted by Gasteiger charge is -2.33. The van der Waals surface area contributed by atoms with Crippen molar-refractivity contribution in [2.45, 2.75) is 51.6 Å². The zero-order valence-electron chi connectivity index (χ0n) is 10.8. The summed E-state index contributed by atoms with van der Waals surface area (Å²) in [5.74, 6) is 0.0921. The molecule has 1 aliphatic carbocycles. The first-order valence-corrected chi connectivity index (χ1v) is 6.18. The second-order valence-corrected chi connectivity index (χ2v) is 5.06. The summed E-state index contributed by atoms with van der Waals surface area (Å²) in [6, 6.07) is 0.308. The minimum atomic E-state index is -0.875. The molecule has 0 aromatic heterocycles. The van der Waals surface area contributed by atoms with E-state index < -0.39 is 6.09 Å². The Morgan fingerprint density at radius 2 is 1.76 bits per heavy atom. The highest BCUT2D eigenvalue weighted by Gasteiger charge is 2.27. The molecule has 0 unspecified atom stereocenters. The van der Waals surface area contributed by atoms with Crippen molar-refractivity contribution in [3.05, 3.63) is 0 Å². The van der Waals surface area contributed by atoms with Crippen LogP contribution in [0, 0.1) is 5.92 Å². The molecule has 5 nitrogen and oxygen atoms in total. The van der Waals surface area contributed by atoms with Gasteiger partial charge in [0.15, 0.2) is 0 Å². The van der Waals surface area contributed by atoms with Crippen LogP contribution in [-0.4, -0.2) is 41.1 Å². The van der Waals surface area contributed by atoms with E-state index in [1.54, 1.807) is 7.05 Å². The number of nitrogens with one attached hydrogen (secondary N) is 1. The van der Waals surface area contributed by atoms with Crippen molar-refractivity contribution in [2.75, 3.05) is 7.05 Å². The Morgan fingerprint density at radius 3 is 2.18 bits per heavy atom. The van der Waals surface area contributed by atoms with Crippen LogP contribution in [0.5, 0.6) is 0 Å². The second kappa shape index (κ2) is 5.89. The van der Waals surface area contributed by atoms with Crippen molar-refractivity contribution < 1.29 is 14.7 Å². The quantitative estimate of drug-likeness (QED) is 0.791. The highest BCUT2D eigenvalue weighted by Crippen LogP contribution is 2.22. The number of hydrogen-bond acceptors (Lipinski definition) is 2. The van der Waals surface area contributed by atoms with Crippen LogP contribution in [0.25, 0.3) is 0 Å². The lowest BCUT2D eigenvalue weighted by atomic mass is 9.90. The molecule has 0 heterocycles. The van der Waals surface area contributed by atoms with Gasteiger partial charge in [-0.15, -0.1) is 0 Å². The van der Waals surface area contributed by atoms with Crippen molar-refractivity contribution >= 4 is 12.0 Å². The van der Waals surface area contributed by atoms with Gasteiger partial charge in [-0.25, -0.2) is 4.79 Å². The van der Waals surface area contributed by atoms with Crippen LogP contribution >= 0.6 is 0 Å². The zero-order valence-corrected chi connectivity index (χ0v) is 10.8. The number of hydrogen-bond donors (Lipinski definition) is 2. The Kier molecular flexibility index (Phi) is 4.78. The fourth-order valence-corrected chi connectivity index (χ4v) is 2.13. The molecule has 2 amide bonds. The average Bonchev–Trinajstić information content (AvgIpc) is 2.28. The molecule has 0 aliphatic heterocycles. The van der Waals surface area contributed by atoms with Crippen LogP contribution in [0.2, 0.25) is 0 Å². The van der Waals surface area contributed by atoms with Crippen LogP contribution < -0.4 is 5.32 Å². The normalized spacial score (nSPS) is 24.5. The fourth-order valence-electron chi connectivity index (χ4n) is 2.13. The molecule has 1 rings (SSSR count). The third-order valence-electron chi connectivity index (χ3n) is 3.42. The minimum Gasteiger partial charge on any atom is -0.465 e. The van der Waals surface area contributed by atoms with Gasteiger partial charge in [-0.1, -0.05) is 13.8 Å². The summed E-state index contributed by atoms with van der Waals surface area (Å²) in [5, 5.41) is 11.9. The Hall–Kier alpha value is -1.26. The predicted octanol–water partition coefficient (Wildman–Crippen LogP) is 1.68. The van der Waals surface area contributed by atoms with E-state index in [2.05, 4.69) is 5.32 Å². The molecule has 0 radical (unpaired) electrons. The second-order valence-electron chi connectivity index (χ2n) is 5.06. The first-order chi connectivity index (χ1) is 7.91. The zero-order chi connectivity index (χ0) is 13.0. The molecule has 1 aliphatic rings. The van der Waals surface area contributed by atoms with E-state index in [1.807, 2.05) is 13.8 Å². The Bertz CT molecular complexity index is 283. The molecule has 0 saturated heterocycles. The van der Waals surface area contributed by atoms with Crippen molar-refractivity contribution in [3.8, 4) is 0 Å². The first kappa shape index (κ1) is 13.8. The van der Waals surface area contributed by atoms with Gasteiger partial charge in [0.05, 0.1) is 0 Å². The number of carbonyl (C=O) groups excluding carboxylic acids is 1. The number of carboxylic acid groups (broad SMARTS) is 1. The Morgan fingerprint density at radius 1 is 1.24 bits per heavy atom. The summed E-state index contributed by atoms with van der Waals surface area (Å²) in [6.45, 7) is 3.75. The first-order valence-electron chi connectivity index (χ1n) is 6.18. The molecular weight excluding hydrogens is 220 g/mol. The van der Waals surface area contributed by atoms with E-state index >= 15 is 0 Å². The number of nitrogens with zero attached hydrogens (tertiary/aromatic N) is 1. The molecule has 0 aromatic carbocycles. The molecule has 98 valence electrons. The summed E-state index contributed by atoms with van der Waals surface area (Å²) in [6.07, 6.45) is 2.50. The summed E-state index contributed by atoms with van der Waals surface area (Å²) < 4.78 is 0. The highest BCUT2D eigenvalue weighted by molar-refractivity contribution is 5.78. The van der Waals surface area contributed by atoms with E-state index in [-0.39, 0.29) is 23.9 Å². The van der Waals surface area contributed by atoms with Crippen LogP contribution in [0.1, 0.15) is 39.5 Å². The maximum atomic E-state index is 11.5. The molecule has 0 aromatic rings. The van der Waals surface area contributed by atoms with Crippen LogP contribution in [-0.2, 0) is 4.79 Å². The van der Waals surface area contributed by atoms with E-state index in [9.17, 15) is 9.59 Å². The third kappa shape index (κ3) is 3.91. The number of rotatable bonds is 3. The van der Waals surface area contributed by atoms with Gasteiger partial charge in [0.1, 0.15) is 0 Å². The fraction of sp³-hybridized carbons (Fsp3) is 0.833. The van der Waals surface area contributed by atoms with Crippen molar-refractivity contribution in [1.29, 1.82) is 0 Å². The van der Waals surface area contributed by atoms with Gasteiger partial charge in [-0.05, 0) is 25.7 Å². The monoisotopic (exact) mass is 242 g/mol. The summed E-state index contributed by atoms with van der Waals surface area (Å²) in [4.78, 5) is 23.7. The summed E-state index contributed by atoms with van der Waals surface area (Å²) >= 11 is 0. The van der Waals surface area contributed by atoms with Gasteiger partial charge in [0, 0.05) is 25.0 Å². The Labute approximate surface area is 102 Å². The smallest absolute Gasteiger partial charge is 0.407 e. The van der Waals surface area contributed by atoms with Crippen LogP contribution in [0.4, 0.5) is 4.79 Å². The average molecular weight is 242 g/mol. The van der Waals surface area contributed by atoms with Gasteiger partial charge >= 0.3 is 6.09 Å². The molecule has 0 atom stereocenters. The van der Waals surface area contributed by atoms with E-state index in [4.69, 9.17) is 5.11 Å². The predicted molar refractivity (Wildman–Crippen MR) is 64.8 cm³/mol. The lowest BCUT2D eigenvalue weighted by molar-refractivity contribution is -0.125. The Balaban J connectivity index is 2.36. The molecule has 0 spiro atoms. The number of carbonyl (C=O) groups is 2. The topological polar surface area (TPSA) is 69.6 Å². The van der Waals surface area contributed by atoms with Crippen molar-refractivity contribution in [3.63, 3.8) is 0 Å². The van der Waals surface area contributed by atoms with Gasteiger partial charge in [0.25, 0.3) is 0 Å². The van der Waals surface area contributed by atoms with Gasteiger partial charge in [-0.2, -0.15) is 0 Å². The SMILES string of the molecule is CC(C)C(=O)NC1CCC(N(C)C(=O)O)CC1. The third-order valence-corrected chi connectivity index (χ3v) is 3.42. The molecule has 5 heteroatoms. The maximum Gasteiger partial charge on any atom is 0.407 e. The van der Waals surface area contributed by atoms with E-state index in [0.29, 0.717) is 0 Å². The molecule has 1 saturated carbocycles. The molecular formula is C12H22N2O3.